The van der Waals surface area contributed by atoms with E-state index in [4.69, 9.17) is 4.42 Å². The van der Waals surface area contributed by atoms with Crippen LogP contribution in [0.25, 0.3) is 11.5 Å². The monoisotopic (exact) mass is 220 g/mol. The topological polar surface area (TPSA) is 38.1 Å². The number of aromatic nitrogens is 1. The molecule has 1 fully saturated rings. The van der Waals surface area contributed by atoms with Crippen molar-refractivity contribution in [2.75, 3.05) is 5.32 Å². The van der Waals surface area contributed by atoms with Gasteiger partial charge in [-0.2, -0.15) is 0 Å². The molecule has 0 amide bonds. The summed E-state index contributed by atoms with van der Waals surface area (Å²) in [6.45, 7) is 2.08. The lowest BCUT2D eigenvalue weighted by atomic mass is 10.3. The Kier molecular flexibility index (Phi) is 2.02. The highest BCUT2D eigenvalue weighted by Gasteiger charge is 2.23. The minimum absolute atomic E-state index is 0.653. The average molecular weight is 220 g/mol. The van der Waals surface area contributed by atoms with Crippen LogP contribution in [-0.2, 0) is 0 Å². The molecule has 2 aromatic rings. The Hall–Kier alpha value is -1.29. The molecule has 1 aliphatic rings. The summed E-state index contributed by atoms with van der Waals surface area (Å²) in [6, 6.07) is 4.49. The minimum Gasteiger partial charge on any atom is -0.463 e. The maximum absolute atomic E-state index is 5.35. The van der Waals surface area contributed by atoms with Crippen LogP contribution in [0.2, 0.25) is 0 Å². The van der Waals surface area contributed by atoms with Gasteiger partial charge in [-0.25, -0.2) is 4.98 Å². The Morgan fingerprint density at radius 1 is 1.53 bits per heavy atom. The molecule has 0 radical (unpaired) electrons. The van der Waals surface area contributed by atoms with Crippen LogP contribution < -0.4 is 5.32 Å². The summed E-state index contributed by atoms with van der Waals surface area (Å²) in [5.41, 5.74) is 0.966. The summed E-state index contributed by atoms with van der Waals surface area (Å²) in [7, 11) is 0. The third-order valence-electron chi connectivity index (χ3n) is 2.46. The summed E-state index contributed by atoms with van der Waals surface area (Å²) >= 11 is 1.70. The van der Waals surface area contributed by atoms with Crippen LogP contribution in [0.15, 0.2) is 22.8 Å². The lowest BCUT2D eigenvalue weighted by Crippen LogP contribution is -1.99. The molecule has 0 bridgehead atoms. The van der Waals surface area contributed by atoms with Crippen molar-refractivity contribution in [3.8, 4) is 11.5 Å². The number of furan rings is 1. The third-order valence-corrected chi connectivity index (χ3v) is 3.36. The molecule has 0 spiro atoms. The van der Waals surface area contributed by atoms with Gasteiger partial charge in [0.25, 0.3) is 0 Å². The van der Waals surface area contributed by atoms with Gasteiger partial charge in [-0.15, -0.1) is 11.3 Å². The summed E-state index contributed by atoms with van der Waals surface area (Å²) < 4.78 is 5.35. The van der Waals surface area contributed by atoms with Gasteiger partial charge in [-0.05, 0) is 31.9 Å². The number of nitrogens with zero attached hydrogens (tertiary/aromatic N) is 1. The molecule has 15 heavy (non-hydrogen) atoms. The third kappa shape index (κ3) is 1.77. The van der Waals surface area contributed by atoms with E-state index in [9.17, 15) is 0 Å². The van der Waals surface area contributed by atoms with Gasteiger partial charge in [0, 0.05) is 10.9 Å². The van der Waals surface area contributed by atoms with Gasteiger partial charge in [0.2, 0.25) is 0 Å². The fourth-order valence-corrected chi connectivity index (χ4v) is 2.40. The first-order chi connectivity index (χ1) is 7.33. The molecule has 1 saturated carbocycles. The van der Waals surface area contributed by atoms with E-state index in [0.29, 0.717) is 6.04 Å². The highest BCUT2D eigenvalue weighted by Crippen LogP contribution is 2.33. The lowest BCUT2D eigenvalue weighted by molar-refractivity contribution is 0.580. The summed E-state index contributed by atoms with van der Waals surface area (Å²) in [4.78, 5) is 5.75. The van der Waals surface area contributed by atoms with E-state index >= 15 is 0 Å². The lowest BCUT2D eigenvalue weighted by Gasteiger charge is -1.95. The fourth-order valence-electron chi connectivity index (χ4n) is 1.50. The average Bonchev–Trinajstić information content (AvgIpc) is 2.76. The predicted molar refractivity (Wildman–Crippen MR) is 61.2 cm³/mol. The maximum Gasteiger partial charge on any atom is 0.183 e. The minimum atomic E-state index is 0.653. The number of rotatable bonds is 3. The Labute approximate surface area is 92.1 Å². The first-order valence-electron chi connectivity index (χ1n) is 5.11. The van der Waals surface area contributed by atoms with Crippen molar-refractivity contribution in [3.05, 3.63) is 23.3 Å². The summed E-state index contributed by atoms with van der Waals surface area (Å²) in [5.74, 6) is 0.854. The number of thiazole rings is 1. The molecule has 0 saturated heterocycles. The van der Waals surface area contributed by atoms with Gasteiger partial charge in [0.15, 0.2) is 10.9 Å². The molecule has 0 atom stereocenters. The largest absolute Gasteiger partial charge is 0.463 e. The molecular formula is C11H12N2OS. The zero-order valence-corrected chi connectivity index (χ0v) is 9.30. The Morgan fingerprint density at radius 3 is 3.07 bits per heavy atom. The number of hydrogen-bond donors (Lipinski definition) is 1. The molecule has 78 valence electrons. The van der Waals surface area contributed by atoms with Crippen molar-refractivity contribution < 1.29 is 4.42 Å². The SMILES string of the molecule is Cc1sc(NC2CC2)nc1-c1ccco1. The second-order valence-electron chi connectivity index (χ2n) is 3.82. The Balaban J connectivity index is 1.90. The first kappa shape index (κ1) is 8.97. The van der Waals surface area contributed by atoms with E-state index in [1.807, 2.05) is 12.1 Å². The van der Waals surface area contributed by atoms with E-state index in [0.717, 1.165) is 16.6 Å². The molecule has 3 nitrogen and oxygen atoms in total. The molecular weight excluding hydrogens is 208 g/mol. The van der Waals surface area contributed by atoms with Crippen LogP contribution in [0.3, 0.4) is 0 Å². The molecule has 4 heteroatoms. The van der Waals surface area contributed by atoms with Crippen LogP contribution in [0.4, 0.5) is 5.13 Å². The van der Waals surface area contributed by atoms with Crippen molar-refractivity contribution in [3.63, 3.8) is 0 Å². The van der Waals surface area contributed by atoms with Crippen molar-refractivity contribution in [1.82, 2.24) is 4.98 Å². The maximum atomic E-state index is 5.35. The van der Waals surface area contributed by atoms with E-state index in [-0.39, 0.29) is 0 Å². The first-order valence-corrected chi connectivity index (χ1v) is 5.92. The highest BCUT2D eigenvalue weighted by atomic mass is 32.1. The molecule has 0 aromatic carbocycles. The molecule has 0 unspecified atom stereocenters. The second-order valence-corrected chi connectivity index (χ2v) is 5.02. The molecule has 3 rings (SSSR count). The van der Waals surface area contributed by atoms with Crippen LogP contribution in [0.5, 0.6) is 0 Å². The number of hydrogen-bond acceptors (Lipinski definition) is 4. The van der Waals surface area contributed by atoms with Gasteiger partial charge < -0.3 is 9.73 Å². The van der Waals surface area contributed by atoms with Gasteiger partial charge in [-0.1, -0.05) is 0 Å². The van der Waals surface area contributed by atoms with E-state index in [1.165, 1.54) is 17.7 Å². The van der Waals surface area contributed by atoms with Gasteiger partial charge in [0.05, 0.1) is 6.26 Å². The zero-order valence-electron chi connectivity index (χ0n) is 8.49. The standard InChI is InChI=1S/C11H12N2OS/c1-7-10(9-3-2-6-14-9)13-11(15-7)12-8-4-5-8/h2-3,6,8H,4-5H2,1H3,(H,12,13). The van der Waals surface area contributed by atoms with E-state index < -0.39 is 0 Å². The van der Waals surface area contributed by atoms with Gasteiger partial charge in [-0.3, -0.25) is 0 Å². The summed E-state index contributed by atoms with van der Waals surface area (Å²) in [6.07, 6.45) is 4.23. The molecule has 2 aromatic heterocycles. The smallest absolute Gasteiger partial charge is 0.183 e. The van der Waals surface area contributed by atoms with Crippen LogP contribution >= 0.6 is 11.3 Å². The molecule has 1 aliphatic carbocycles. The van der Waals surface area contributed by atoms with Gasteiger partial charge >= 0.3 is 0 Å². The van der Waals surface area contributed by atoms with Crippen LogP contribution in [0.1, 0.15) is 17.7 Å². The normalized spacial score (nSPS) is 15.5. The van der Waals surface area contributed by atoms with Crippen LogP contribution in [0, 0.1) is 6.92 Å². The number of anilines is 1. The number of nitrogens with one attached hydrogen (secondary N) is 1. The van der Waals surface area contributed by atoms with Crippen molar-refractivity contribution in [2.45, 2.75) is 25.8 Å². The Bertz CT molecular complexity index is 457. The second kappa shape index (κ2) is 3.38. The van der Waals surface area contributed by atoms with Crippen LogP contribution in [-0.4, -0.2) is 11.0 Å². The van der Waals surface area contributed by atoms with Crippen molar-refractivity contribution >= 4 is 16.5 Å². The molecule has 0 aliphatic heterocycles. The highest BCUT2D eigenvalue weighted by molar-refractivity contribution is 7.16. The van der Waals surface area contributed by atoms with E-state index in [2.05, 4.69) is 17.2 Å². The molecule has 2 heterocycles. The Morgan fingerprint density at radius 2 is 2.40 bits per heavy atom. The zero-order chi connectivity index (χ0) is 10.3. The predicted octanol–water partition coefficient (Wildman–Crippen LogP) is 3.29. The molecule has 1 N–H and O–H groups in total. The number of aryl methyl sites for hydroxylation is 1. The van der Waals surface area contributed by atoms with Gasteiger partial charge in [0.1, 0.15) is 5.69 Å². The van der Waals surface area contributed by atoms with E-state index in [1.54, 1.807) is 17.6 Å². The summed E-state index contributed by atoms with van der Waals surface area (Å²) in [5, 5.41) is 4.42. The van der Waals surface area contributed by atoms with Crippen molar-refractivity contribution in [1.29, 1.82) is 0 Å². The fraction of sp³-hybridized carbons (Fsp3) is 0.364. The quantitative estimate of drug-likeness (QED) is 0.862. The van der Waals surface area contributed by atoms with Crippen molar-refractivity contribution in [2.24, 2.45) is 0 Å².